The molecule has 6 heteroatoms. The molecule has 3 rings (SSSR count). The molecule has 1 aliphatic carbocycles. The van der Waals surface area contributed by atoms with Crippen molar-refractivity contribution < 1.29 is 4.79 Å². The molecule has 0 unspecified atom stereocenters. The quantitative estimate of drug-likeness (QED) is 0.857. The third-order valence-electron chi connectivity index (χ3n) is 3.51. The molecular weight excluding hydrogens is 306 g/mol. The summed E-state index contributed by atoms with van der Waals surface area (Å²) >= 11 is 7.42. The molecule has 0 aliphatic heterocycles. The molecule has 2 aromatic rings. The molecule has 0 spiro atoms. The summed E-state index contributed by atoms with van der Waals surface area (Å²) in [5, 5.41) is 13.0. The van der Waals surface area contributed by atoms with Gasteiger partial charge < -0.3 is 5.32 Å². The third-order valence-corrected chi connectivity index (χ3v) is 5.02. The van der Waals surface area contributed by atoms with Crippen molar-refractivity contribution in [2.24, 2.45) is 0 Å². The molecule has 2 aromatic heterocycles. The van der Waals surface area contributed by atoms with E-state index in [1.807, 2.05) is 0 Å². The molecule has 0 atom stereocenters. The van der Waals surface area contributed by atoms with Gasteiger partial charge in [0.2, 0.25) is 0 Å². The predicted octanol–water partition coefficient (Wildman–Crippen LogP) is 3.80. The lowest BCUT2D eigenvalue weighted by Gasteiger charge is -2.09. The monoisotopic (exact) mass is 317 g/mol. The highest BCUT2D eigenvalue weighted by Crippen LogP contribution is 2.37. The van der Waals surface area contributed by atoms with Crippen LogP contribution in [0.25, 0.3) is 0 Å². The highest BCUT2D eigenvalue weighted by atomic mass is 35.5. The number of rotatable bonds is 2. The Morgan fingerprint density at radius 1 is 1.43 bits per heavy atom. The third kappa shape index (κ3) is 2.65. The molecule has 0 fully saturated rings. The number of carbonyl (C=O) groups is 1. The molecule has 0 saturated carbocycles. The summed E-state index contributed by atoms with van der Waals surface area (Å²) in [6.45, 7) is 0. The minimum Gasteiger partial charge on any atom is -0.312 e. The summed E-state index contributed by atoms with van der Waals surface area (Å²) in [6.07, 6.45) is 5.67. The van der Waals surface area contributed by atoms with Crippen LogP contribution in [0.3, 0.4) is 0 Å². The number of fused-ring (bicyclic) bond motifs is 1. The molecular formula is C15H12ClN3OS. The van der Waals surface area contributed by atoms with Crippen molar-refractivity contribution in [2.45, 2.75) is 25.7 Å². The average molecular weight is 318 g/mol. The van der Waals surface area contributed by atoms with Crippen molar-refractivity contribution in [1.29, 1.82) is 5.26 Å². The topological polar surface area (TPSA) is 65.8 Å². The second-order valence-corrected chi connectivity index (χ2v) is 6.29. The fourth-order valence-corrected chi connectivity index (χ4v) is 3.94. The molecule has 0 saturated heterocycles. The van der Waals surface area contributed by atoms with Crippen molar-refractivity contribution in [3.05, 3.63) is 45.1 Å². The number of hydrogen-bond donors (Lipinski definition) is 1. The lowest BCUT2D eigenvalue weighted by molar-refractivity contribution is 0.102. The minimum absolute atomic E-state index is 0.162. The first-order valence-corrected chi connectivity index (χ1v) is 7.86. The zero-order chi connectivity index (χ0) is 14.8. The van der Waals surface area contributed by atoms with E-state index in [-0.39, 0.29) is 11.1 Å². The van der Waals surface area contributed by atoms with Gasteiger partial charge >= 0.3 is 0 Å². The Bertz CT molecular complexity index is 748. The predicted molar refractivity (Wildman–Crippen MR) is 82.9 cm³/mol. The van der Waals surface area contributed by atoms with E-state index in [0.29, 0.717) is 16.1 Å². The summed E-state index contributed by atoms with van der Waals surface area (Å²) in [5.41, 5.74) is 2.01. The maximum Gasteiger partial charge on any atom is 0.259 e. The van der Waals surface area contributed by atoms with Gasteiger partial charge in [0.05, 0.1) is 11.1 Å². The van der Waals surface area contributed by atoms with Gasteiger partial charge in [0.15, 0.2) is 0 Å². The summed E-state index contributed by atoms with van der Waals surface area (Å²) in [6, 6.07) is 5.50. The largest absolute Gasteiger partial charge is 0.312 e. The van der Waals surface area contributed by atoms with Gasteiger partial charge in [-0.25, -0.2) is 4.98 Å². The zero-order valence-electron chi connectivity index (χ0n) is 11.1. The fourth-order valence-electron chi connectivity index (χ4n) is 2.50. The Hall–Kier alpha value is -1.90. The number of anilines is 1. The van der Waals surface area contributed by atoms with E-state index in [9.17, 15) is 10.1 Å². The van der Waals surface area contributed by atoms with Crippen LogP contribution in [-0.4, -0.2) is 10.9 Å². The Kier molecular flexibility index (Phi) is 3.91. The number of carbonyl (C=O) groups excluding carboxylic acids is 1. The molecule has 2 heterocycles. The van der Waals surface area contributed by atoms with Crippen molar-refractivity contribution in [3.8, 4) is 6.07 Å². The van der Waals surface area contributed by atoms with Gasteiger partial charge in [-0.05, 0) is 43.4 Å². The number of nitrogens with zero attached hydrogens (tertiary/aromatic N) is 2. The summed E-state index contributed by atoms with van der Waals surface area (Å²) < 4.78 is 0. The highest BCUT2D eigenvalue weighted by Gasteiger charge is 2.22. The van der Waals surface area contributed by atoms with Crippen molar-refractivity contribution >= 4 is 33.8 Å². The van der Waals surface area contributed by atoms with Crippen LogP contribution < -0.4 is 5.32 Å². The number of halogens is 1. The van der Waals surface area contributed by atoms with Crippen LogP contribution in [0, 0.1) is 11.3 Å². The van der Waals surface area contributed by atoms with E-state index in [2.05, 4.69) is 16.4 Å². The lowest BCUT2D eigenvalue weighted by atomic mass is 9.96. The Morgan fingerprint density at radius 2 is 2.24 bits per heavy atom. The Labute approximate surface area is 131 Å². The Morgan fingerprint density at radius 3 is 3.00 bits per heavy atom. The van der Waals surface area contributed by atoms with Gasteiger partial charge in [0.1, 0.15) is 16.2 Å². The molecule has 4 nitrogen and oxygen atoms in total. The van der Waals surface area contributed by atoms with Gasteiger partial charge in [-0.15, -0.1) is 11.3 Å². The molecule has 1 amide bonds. The van der Waals surface area contributed by atoms with Gasteiger partial charge in [0.25, 0.3) is 5.91 Å². The van der Waals surface area contributed by atoms with Crippen LogP contribution in [0.4, 0.5) is 5.00 Å². The second kappa shape index (κ2) is 5.84. The fraction of sp³-hybridized carbons (Fsp3) is 0.267. The van der Waals surface area contributed by atoms with Crippen LogP contribution in [0.15, 0.2) is 18.3 Å². The smallest absolute Gasteiger partial charge is 0.259 e. The van der Waals surface area contributed by atoms with E-state index in [1.165, 1.54) is 22.4 Å². The number of nitriles is 1. The summed E-state index contributed by atoms with van der Waals surface area (Å²) in [4.78, 5) is 17.4. The first kappa shape index (κ1) is 14.1. The van der Waals surface area contributed by atoms with E-state index < -0.39 is 0 Å². The van der Waals surface area contributed by atoms with E-state index in [0.717, 1.165) is 31.2 Å². The van der Waals surface area contributed by atoms with Crippen molar-refractivity contribution in [3.63, 3.8) is 0 Å². The standard InChI is InChI=1S/C15H12ClN3OS/c16-13-10(5-3-7-18-13)14(20)19-15-11(8-17)9-4-1-2-6-12(9)21-15/h3,5,7H,1-2,4,6H2,(H,19,20). The maximum atomic E-state index is 12.3. The van der Waals surface area contributed by atoms with Gasteiger partial charge in [-0.1, -0.05) is 11.6 Å². The number of aromatic nitrogens is 1. The van der Waals surface area contributed by atoms with Crippen molar-refractivity contribution in [2.75, 3.05) is 5.32 Å². The van der Waals surface area contributed by atoms with Gasteiger partial charge in [-0.2, -0.15) is 5.26 Å². The molecule has 0 aromatic carbocycles. The van der Waals surface area contributed by atoms with E-state index in [1.54, 1.807) is 12.1 Å². The van der Waals surface area contributed by atoms with E-state index >= 15 is 0 Å². The Balaban J connectivity index is 1.92. The minimum atomic E-state index is -0.330. The van der Waals surface area contributed by atoms with Crippen LogP contribution >= 0.6 is 22.9 Å². The number of nitrogens with one attached hydrogen (secondary N) is 1. The van der Waals surface area contributed by atoms with Crippen LogP contribution in [0.5, 0.6) is 0 Å². The van der Waals surface area contributed by atoms with Crippen molar-refractivity contribution in [1.82, 2.24) is 4.98 Å². The summed E-state index contributed by atoms with van der Waals surface area (Å²) in [5.74, 6) is -0.330. The number of thiophene rings is 1. The molecule has 1 aliphatic rings. The first-order chi connectivity index (χ1) is 10.2. The molecule has 0 bridgehead atoms. The molecule has 0 radical (unpaired) electrons. The van der Waals surface area contributed by atoms with E-state index in [4.69, 9.17) is 11.6 Å². The number of pyridine rings is 1. The lowest BCUT2D eigenvalue weighted by Crippen LogP contribution is -2.12. The second-order valence-electron chi connectivity index (χ2n) is 4.82. The first-order valence-electron chi connectivity index (χ1n) is 6.67. The zero-order valence-corrected chi connectivity index (χ0v) is 12.7. The number of amides is 1. The summed E-state index contributed by atoms with van der Waals surface area (Å²) in [7, 11) is 0. The molecule has 106 valence electrons. The normalized spacial score (nSPS) is 13.3. The van der Waals surface area contributed by atoms with Crippen LogP contribution in [0.1, 0.15) is 39.2 Å². The van der Waals surface area contributed by atoms with Gasteiger partial charge in [-0.3, -0.25) is 4.79 Å². The highest BCUT2D eigenvalue weighted by molar-refractivity contribution is 7.16. The van der Waals surface area contributed by atoms with Crippen LogP contribution in [0.2, 0.25) is 5.15 Å². The number of aryl methyl sites for hydroxylation is 1. The molecule has 1 N–H and O–H groups in total. The molecule has 21 heavy (non-hydrogen) atoms. The number of hydrogen-bond acceptors (Lipinski definition) is 4. The SMILES string of the molecule is N#Cc1c(NC(=O)c2cccnc2Cl)sc2c1CCCC2. The van der Waals surface area contributed by atoms with Crippen LogP contribution in [-0.2, 0) is 12.8 Å². The average Bonchev–Trinajstić information content (AvgIpc) is 2.84. The maximum absolute atomic E-state index is 12.3. The van der Waals surface area contributed by atoms with Gasteiger partial charge in [0, 0.05) is 11.1 Å².